The van der Waals surface area contributed by atoms with Gasteiger partial charge < -0.3 is 15.8 Å². The Hall–Kier alpha value is -1.33. The molecule has 0 aromatic carbocycles. The van der Waals surface area contributed by atoms with E-state index in [4.69, 9.17) is 22.1 Å². The smallest absolute Gasteiger partial charge is 0.253 e. The number of rotatable bonds is 2. The Labute approximate surface area is 117 Å². The summed E-state index contributed by atoms with van der Waals surface area (Å²) in [6.45, 7) is 4.68. The lowest BCUT2D eigenvalue weighted by Crippen LogP contribution is -2.45. The zero-order valence-corrected chi connectivity index (χ0v) is 11.8. The van der Waals surface area contributed by atoms with Crippen molar-refractivity contribution in [2.45, 2.75) is 38.3 Å². The van der Waals surface area contributed by atoms with Crippen molar-refractivity contribution in [1.82, 2.24) is 10.3 Å². The van der Waals surface area contributed by atoms with Gasteiger partial charge in [0.25, 0.3) is 5.91 Å². The molecule has 1 amide bonds. The van der Waals surface area contributed by atoms with E-state index < -0.39 is 0 Å². The van der Waals surface area contributed by atoms with E-state index >= 15 is 0 Å². The molecule has 0 aliphatic carbocycles. The molecule has 0 spiro atoms. The van der Waals surface area contributed by atoms with Gasteiger partial charge in [0, 0.05) is 18.8 Å². The first kappa shape index (κ1) is 14.1. The summed E-state index contributed by atoms with van der Waals surface area (Å²) >= 11 is 5.96. The van der Waals surface area contributed by atoms with E-state index in [1.54, 1.807) is 0 Å². The fraction of sp³-hybridized carbons (Fsp3) is 0.538. The number of aromatic nitrogens is 1. The lowest BCUT2D eigenvalue weighted by atomic mass is 9.94. The summed E-state index contributed by atoms with van der Waals surface area (Å²) in [5, 5.41) is 3.28. The second-order valence-corrected chi connectivity index (χ2v) is 5.77. The number of ether oxygens (including phenoxy) is 1. The largest absolute Gasteiger partial charge is 0.384 e. The summed E-state index contributed by atoms with van der Waals surface area (Å²) in [5.41, 5.74) is 5.72. The first-order chi connectivity index (χ1) is 8.87. The highest BCUT2D eigenvalue weighted by molar-refractivity contribution is 6.33. The van der Waals surface area contributed by atoms with Gasteiger partial charge in [-0.05, 0) is 32.8 Å². The quantitative estimate of drug-likeness (QED) is 0.870. The van der Waals surface area contributed by atoms with Gasteiger partial charge >= 0.3 is 0 Å². The maximum Gasteiger partial charge on any atom is 0.253 e. The van der Waals surface area contributed by atoms with E-state index in [1.807, 2.05) is 13.8 Å². The van der Waals surface area contributed by atoms with E-state index in [0.29, 0.717) is 17.2 Å². The van der Waals surface area contributed by atoms with E-state index in [1.165, 1.54) is 12.3 Å². The number of nitrogens with one attached hydrogen (secondary N) is 1. The Kier molecular flexibility index (Phi) is 3.96. The highest BCUT2D eigenvalue weighted by Crippen LogP contribution is 2.24. The van der Waals surface area contributed by atoms with Crippen LogP contribution in [0.25, 0.3) is 0 Å². The molecule has 1 aromatic rings. The summed E-state index contributed by atoms with van der Waals surface area (Å²) in [4.78, 5) is 16.0. The fourth-order valence-corrected chi connectivity index (χ4v) is 2.44. The summed E-state index contributed by atoms with van der Waals surface area (Å²) in [5.74, 6) is 0.0589. The number of nitrogens with zero attached hydrogens (tertiary/aromatic N) is 1. The molecule has 3 N–H and O–H groups in total. The van der Waals surface area contributed by atoms with Gasteiger partial charge in [0.15, 0.2) is 0 Å². The van der Waals surface area contributed by atoms with Crippen LogP contribution < -0.4 is 11.1 Å². The maximum atomic E-state index is 12.2. The number of hydrogen-bond acceptors (Lipinski definition) is 4. The minimum Gasteiger partial charge on any atom is -0.384 e. The SMILES string of the molecule is CC1(C)CC(NC(=O)c2cc(N)ncc2Cl)CCO1. The molecule has 2 heterocycles. The number of amides is 1. The van der Waals surface area contributed by atoms with Crippen LogP contribution in [-0.2, 0) is 4.74 Å². The molecule has 6 heteroatoms. The molecular weight excluding hydrogens is 266 g/mol. The van der Waals surface area contributed by atoms with E-state index in [0.717, 1.165) is 12.8 Å². The predicted molar refractivity (Wildman–Crippen MR) is 74.2 cm³/mol. The molecule has 19 heavy (non-hydrogen) atoms. The highest BCUT2D eigenvalue weighted by Gasteiger charge is 2.30. The number of pyridine rings is 1. The molecular formula is C13H18ClN3O2. The number of carbonyl (C=O) groups is 1. The molecule has 0 radical (unpaired) electrons. The van der Waals surface area contributed by atoms with Gasteiger partial charge in [-0.1, -0.05) is 11.6 Å². The van der Waals surface area contributed by atoms with Gasteiger partial charge in [0.05, 0.1) is 16.2 Å². The minimum absolute atomic E-state index is 0.0849. The van der Waals surface area contributed by atoms with Gasteiger partial charge in [0.2, 0.25) is 0 Å². The van der Waals surface area contributed by atoms with Crippen LogP contribution in [0.1, 0.15) is 37.0 Å². The molecule has 0 bridgehead atoms. The molecule has 1 aromatic heterocycles. The van der Waals surface area contributed by atoms with E-state index in [9.17, 15) is 4.79 Å². The molecule has 1 fully saturated rings. The Morgan fingerprint density at radius 3 is 3.05 bits per heavy atom. The third kappa shape index (κ3) is 3.58. The van der Waals surface area contributed by atoms with Crippen LogP contribution in [-0.4, -0.2) is 29.1 Å². The van der Waals surface area contributed by atoms with Crippen molar-refractivity contribution in [3.63, 3.8) is 0 Å². The third-order valence-corrected chi connectivity index (χ3v) is 3.45. The lowest BCUT2D eigenvalue weighted by Gasteiger charge is -2.35. The number of nitrogen functional groups attached to an aromatic ring is 1. The zero-order chi connectivity index (χ0) is 14.0. The molecule has 1 saturated heterocycles. The van der Waals surface area contributed by atoms with Crippen LogP contribution in [0.2, 0.25) is 5.02 Å². The normalized spacial score (nSPS) is 21.9. The molecule has 1 atom stereocenters. The molecule has 1 aliphatic rings. The first-order valence-electron chi connectivity index (χ1n) is 6.23. The van der Waals surface area contributed by atoms with Crippen LogP contribution in [0, 0.1) is 0 Å². The van der Waals surface area contributed by atoms with Crippen molar-refractivity contribution in [3.05, 3.63) is 22.8 Å². The van der Waals surface area contributed by atoms with Crippen molar-refractivity contribution < 1.29 is 9.53 Å². The van der Waals surface area contributed by atoms with Gasteiger partial charge in [-0.15, -0.1) is 0 Å². The number of carbonyl (C=O) groups excluding carboxylic acids is 1. The van der Waals surface area contributed by atoms with Gasteiger partial charge in [-0.2, -0.15) is 0 Å². The molecule has 104 valence electrons. The summed E-state index contributed by atoms with van der Waals surface area (Å²) < 4.78 is 5.62. The molecule has 1 unspecified atom stereocenters. The summed E-state index contributed by atoms with van der Waals surface area (Å²) in [6.07, 6.45) is 2.96. The van der Waals surface area contributed by atoms with Gasteiger partial charge in [0.1, 0.15) is 5.82 Å². The Balaban J connectivity index is 2.06. The van der Waals surface area contributed by atoms with Crippen LogP contribution in [0.4, 0.5) is 5.82 Å². The van der Waals surface area contributed by atoms with Crippen LogP contribution in [0.5, 0.6) is 0 Å². The second kappa shape index (κ2) is 5.35. The van der Waals surface area contributed by atoms with Crippen molar-refractivity contribution in [2.24, 2.45) is 0 Å². The lowest BCUT2D eigenvalue weighted by molar-refractivity contribution is -0.0615. The number of anilines is 1. The van der Waals surface area contributed by atoms with Gasteiger partial charge in [-0.25, -0.2) is 4.98 Å². The van der Waals surface area contributed by atoms with Gasteiger partial charge in [-0.3, -0.25) is 4.79 Å². The first-order valence-corrected chi connectivity index (χ1v) is 6.61. The third-order valence-electron chi connectivity index (χ3n) is 3.15. The molecule has 1 aliphatic heterocycles. The molecule has 5 nitrogen and oxygen atoms in total. The van der Waals surface area contributed by atoms with Crippen molar-refractivity contribution >= 4 is 23.3 Å². The Bertz CT molecular complexity index is 491. The number of nitrogens with two attached hydrogens (primary N) is 1. The number of hydrogen-bond donors (Lipinski definition) is 2. The minimum atomic E-state index is -0.221. The Morgan fingerprint density at radius 2 is 2.37 bits per heavy atom. The monoisotopic (exact) mass is 283 g/mol. The molecule has 2 rings (SSSR count). The highest BCUT2D eigenvalue weighted by atomic mass is 35.5. The summed E-state index contributed by atoms with van der Waals surface area (Å²) in [7, 11) is 0. The average Bonchev–Trinajstić information content (AvgIpc) is 2.31. The zero-order valence-electron chi connectivity index (χ0n) is 11.1. The number of halogens is 1. The van der Waals surface area contributed by atoms with E-state index in [-0.39, 0.29) is 23.4 Å². The standard InChI is InChI=1S/C13H18ClN3O2/c1-13(2)6-8(3-4-19-13)17-12(18)9-5-11(15)16-7-10(9)14/h5,7-8H,3-4,6H2,1-2H3,(H2,15,16)(H,17,18). The average molecular weight is 284 g/mol. The van der Waals surface area contributed by atoms with Crippen molar-refractivity contribution in [2.75, 3.05) is 12.3 Å². The van der Waals surface area contributed by atoms with Crippen LogP contribution in [0.3, 0.4) is 0 Å². The van der Waals surface area contributed by atoms with E-state index in [2.05, 4.69) is 10.3 Å². The second-order valence-electron chi connectivity index (χ2n) is 5.36. The predicted octanol–water partition coefficient (Wildman–Crippen LogP) is 2.00. The fourth-order valence-electron chi connectivity index (χ4n) is 2.25. The topological polar surface area (TPSA) is 77.2 Å². The Morgan fingerprint density at radius 1 is 1.63 bits per heavy atom. The van der Waals surface area contributed by atoms with Crippen molar-refractivity contribution in [3.8, 4) is 0 Å². The van der Waals surface area contributed by atoms with Crippen LogP contribution in [0.15, 0.2) is 12.3 Å². The van der Waals surface area contributed by atoms with Crippen LogP contribution >= 0.6 is 11.6 Å². The molecule has 0 saturated carbocycles. The van der Waals surface area contributed by atoms with Crippen molar-refractivity contribution in [1.29, 1.82) is 0 Å². The summed E-state index contributed by atoms with van der Waals surface area (Å²) in [6, 6.07) is 1.57. The maximum absolute atomic E-state index is 12.2.